The van der Waals surface area contributed by atoms with Crippen LogP contribution in [0.2, 0.25) is 0 Å². The average molecular weight is 933 g/mol. The van der Waals surface area contributed by atoms with Crippen LogP contribution in [0.15, 0.2) is 83.6 Å². The van der Waals surface area contributed by atoms with Gasteiger partial charge in [-0.25, -0.2) is 28.3 Å². The quantitative estimate of drug-likeness (QED) is 0.0809. The van der Waals surface area contributed by atoms with Crippen LogP contribution in [0.5, 0.6) is 0 Å². The number of aliphatic hydroxyl groups is 2. The molecule has 65 heavy (non-hydrogen) atoms. The maximum Gasteiger partial charge on any atom is 0.408 e. The second-order valence-corrected chi connectivity index (χ2v) is 18.5. The van der Waals surface area contributed by atoms with E-state index in [2.05, 4.69) is 16.0 Å². The van der Waals surface area contributed by atoms with Gasteiger partial charge in [-0.2, -0.15) is 0 Å². The molecule has 17 heteroatoms. The predicted octanol–water partition coefficient (Wildman–Crippen LogP) is 8.98. The number of rotatable bonds is 9. The topological polar surface area (TPSA) is 200 Å². The third-order valence-electron chi connectivity index (χ3n) is 10.7. The van der Waals surface area contributed by atoms with E-state index in [-0.39, 0.29) is 31.0 Å². The van der Waals surface area contributed by atoms with Crippen molar-refractivity contribution in [3.8, 4) is 22.5 Å². The van der Waals surface area contributed by atoms with Crippen molar-refractivity contribution in [2.75, 3.05) is 13.1 Å². The van der Waals surface area contributed by atoms with E-state index in [0.29, 0.717) is 23.4 Å². The summed E-state index contributed by atoms with van der Waals surface area (Å²) in [6, 6.07) is 19.5. The van der Waals surface area contributed by atoms with Crippen molar-refractivity contribution < 1.29 is 43.2 Å². The number of benzene rings is 4. The van der Waals surface area contributed by atoms with E-state index in [1.165, 1.54) is 43.7 Å². The molecule has 7 N–H and O–H groups in total. The molecule has 0 unspecified atom stereocenters. The molecular formula is C48H58F2N6O7S2. The first kappa shape index (κ1) is 50.6. The summed E-state index contributed by atoms with van der Waals surface area (Å²) >= 11 is 3.18. The van der Waals surface area contributed by atoms with Crippen LogP contribution in [0.25, 0.3) is 44.1 Å². The van der Waals surface area contributed by atoms with Crippen LogP contribution in [-0.4, -0.2) is 91.1 Å². The molecule has 2 amide bonds. The van der Waals surface area contributed by atoms with Gasteiger partial charge >= 0.3 is 12.1 Å². The number of aliphatic hydroxyl groups excluding tert-OH is 2. The monoisotopic (exact) mass is 932 g/mol. The molecular weight excluding hydrogens is 875 g/mol. The molecule has 2 aliphatic heterocycles. The number of fused-ring (bicyclic) bond motifs is 2. The molecule has 4 heterocycles. The molecule has 348 valence electrons. The third kappa shape index (κ3) is 12.5. The number of nitrogens with two attached hydrogens (primary N) is 1. The standard InChI is InChI=1S/C21H22FN3O2S.C17H15FN2S.C9H17NO5.CH4/c1-12(26)19(23)21(27)25-10-4-7-18(25)20-24-17(11-28-20)15-8-9-16(22)14-6-3-2-5-13(14)15;18-14-8-7-13(11-4-1-2-5-12(11)14)16-10-21-17(20-16)15-6-3-9-19-15;1-5(11)6(7(12)13)10-8(14)15-9(2,3)4;/h2-3,5-6,8-9,11-12,18-19,26H,4,7,10,23H2,1H3;1-2,4-5,7-8,10,15,19H,3,6,9H2;5-6,11H,1-4H3,(H,10,14)(H,12,13);1H4/t12-,18+,19+;15-;5-,6+;/m101./s1. The van der Waals surface area contributed by atoms with Gasteiger partial charge in [-0.3, -0.25) is 4.79 Å². The Balaban J connectivity index is 0.000000191. The molecule has 0 radical (unpaired) electrons. The highest BCUT2D eigenvalue weighted by molar-refractivity contribution is 7.10. The van der Waals surface area contributed by atoms with Crippen molar-refractivity contribution >= 4 is 62.2 Å². The number of likely N-dealkylation sites (tertiary alicyclic amines) is 1. The molecule has 13 nitrogen and oxygen atoms in total. The van der Waals surface area contributed by atoms with Crippen molar-refractivity contribution in [2.45, 2.75) is 110 Å². The van der Waals surface area contributed by atoms with Gasteiger partial charge in [-0.05, 0) is 102 Å². The smallest absolute Gasteiger partial charge is 0.408 e. The Morgan fingerprint density at radius 2 is 1.34 bits per heavy atom. The van der Waals surface area contributed by atoms with E-state index in [0.717, 1.165) is 69.1 Å². The number of carboxylic acid groups (broad SMARTS) is 1. The summed E-state index contributed by atoms with van der Waals surface area (Å²) < 4.78 is 32.9. The fourth-order valence-electron chi connectivity index (χ4n) is 7.51. The zero-order chi connectivity index (χ0) is 46.3. The van der Waals surface area contributed by atoms with Gasteiger partial charge in [0.15, 0.2) is 6.04 Å². The first-order chi connectivity index (χ1) is 30.4. The molecule has 2 aromatic heterocycles. The molecule has 0 saturated carbocycles. The second-order valence-electron chi connectivity index (χ2n) is 16.7. The normalized spacial score (nSPS) is 17.7. The molecule has 2 aliphatic rings. The Hall–Kier alpha value is -5.43. The Morgan fingerprint density at radius 3 is 1.82 bits per heavy atom. The van der Waals surface area contributed by atoms with Gasteiger partial charge in [0, 0.05) is 39.2 Å². The van der Waals surface area contributed by atoms with Gasteiger partial charge in [0.05, 0.1) is 35.7 Å². The number of halogens is 2. The van der Waals surface area contributed by atoms with Gasteiger partial charge in [0.2, 0.25) is 5.91 Å². The predicted molar refractivity (Wildman–Crippen MR) is 253 cm³/mol. The fourth-order valence-corrected chi connectivity index (χ4v) is 9.40. The molecule has 6 atom stereocenters. The molecule has 2 saturated heterocycles. The SMILES string of the molecule is C.C[C@@H](O)[C@H](N)C(=O)N1CCC[C@H]1c1nc(-c2ccc(F)c3ccccc23)cs1.C[C@@H](O)[C@H](NC(=O)OC(C)(C)C)C(=O)O.Fc1ccc(-c2csc([C@@H]3CCCN3)n2)c2ccccc12. The first-order valence-corrected chi connectivity index (χ1v) is 22.8. The highest BCUT2D eigenvalue weighted by atomic mass is 32.1. The number of ether oxygens (including phenoxy) is 1. The number of carboxylic acids is 1. The summed E-state index contributed by atoms with van der Waals surface area (Å²) in [5, 5.41) is 41.9. The summed E-state index contributed by atoms with van der Waals surface area (Å²) in [4.78, 5) is 45.7. The molecule has 4 aromatic carbocycles. The fraction of sp³-hybridized carbons (Fsp3) is 0.396. The summed E-state index contributed by atoms with van der Waals surface area (Å²) in [5.74, 6) is -1.99. The molecule has 2 fully saturated rings. The maximum atomic E-state index is 14.1. The van der Waals surface area contributed by atoms with E-state index in [1.807, 2.05) is 53.9 Å². The van der Waals surface area contributed by atoms with Crippen LogP contribution in [0.1, 0.15) is 89.8 Å². The van der Waals surface area contributed by atoms with Crippen molar-refractivity contribution in [3.63, 3.8) is 0 Å². The highest BCUT2D eigenvalue weighted by Gasteiger charge is 2.36. The number of aliphatic carboxylic acids is 1. The summed E-state index contributed by atoms with van der Waals surface area (Å²) in [7, 11) is 0. The Bertz CT molecular complexity index is 2570. The largest absolute Gasteiger partial charge is 0.480 e. The van der Waals surface area contributed by atoms with Crippen LogP contribution in [-0.2, 0) is 14.3 Å². The number of hydrogen-bond donors (Lipinski definition) is 6. The van der Waals surface area contributed by atoms with Crippen LogP contribution in [0, 0.1) is 11.6 Å². The lowest BCUT2D eigenvalue weighted by molar-refractivity contribution is -0.142. The number of hydrogen-bond acceptors (Lipinski definition) is 12. The lowest BCUT2D eigenvalue weighted by Crippen LogP contribution is -2.49. The lowest BCUT2D eigenvalue weighted by Gasteiger charge is -2.27. The molecule has 0 aliphatic carbocycles. The van der Waals surface area contributed by atoms with E-state index >= 15 is 0 Å². The van der Waals surface area contributed by atoms with E-state index in [4.69, 9.17) is 30.7 Å². The highest BCUT2D eigenvalue weighted by Crippen LogP contribution is 2.38. The van der Waals surface area contributed by atoms with Crippen LogP contribution < -0.4 is 16.4 Å². The van der Waals surface area contributed by atoms with Crippen molar-refractivity contribution in [1.29, 1.82) is 0 Å². The van der Waals surface area contributed by atoms with Crippen molar-refractivity contribution in [1.82, 2.24) is 25.5 Å². The maximum absolute atomic E-state index is 14.1. The van der Waals surface area contributed by atoms with Crippen molar-refractivity contribution in [3.05, 3.63) is 105 Å². The van der Waals surface area contributed by atoms with Crippen LogP contribution in [0.3, 0.4) is 0 Å². The number of alkyl carbamates (subject to hydrolysis) is 1. The molecule has 0 bridgehead atoms. The number of carbonyl (C=O) groups excluding carboxylic acids is 2. The van der Waals surface area contributed by atoms with Gasteiger partial charge in [0.1, 0.15) is 33.3 Å². The zero-order valence-corrected chi connectivity index (χ0v) is 37.9. The molecule has 8 rings (SSSR count). The Morgan fingerprint density at radius 1 is 0.815 bits per heavy atom. The number of amides is 2. The summed E-state index contributed by atoms with van der Waals surface area (Å²) in [6.45, 7) is 9.45. The van der Waals surface area contributed by atoms with Crippen LogP contribution >= 0.6 is 22.7 Å². The summed E-state index contributed by atoms with van der Waals surface area (Å²) in [5.41, 5.74) is 8.75. The van der Waals surface area contributed by atoms with E-state index < -0.39 is 42.0 Å². The minimum absolute atomic E-state index is 0. The number of thiazole rings is 2. The van der Waals surface area contributed by atoms with E-state index in [1.54, 1.807) is 49.1 Å². The minimum Gasteiger partial charge on any atom is -0.480 e. The number of aromatic nitrogens is 2. The number of nitrogens with zero attached hydrogens (tertiary/aromatic N) is 3. The average Bonchev–Trinajstić information content (AvgIpc) is 4.10. The molecule has 6 aromatic rings. The summed E-state index contributed by atoms with van der Waals surface area (Å²) in [6.07, 6.45) is 1.10. The number of nitrogens with one attached hydrogen (secondary N) is 2. The number of carbonyl (C=O) groups is 3. The second kappa shape index (κ2) is 22.2. The first-order valence-electron chi connectivity index (χ1n) is 21.1. The Kier molecular flexibility index (Phi) is 17.2. The Labute approximate surface area is 385 Å². The third-order valence-corrected chi connectivity index (χ3v) is 12.6. The lowest BCUT2D eigenvalue weighted by atomic mass is 10.0. The zero-order valence-electron chi connectivity index (χ0n) is 36.3. The minimum atomic E-state index is -1.36. The van der Waals surface area contributed by atoms with E-state index in [9.17, 15) is 28.3 Å². The van der Waals surface area contributed by atoms with Crippen molar-refractivity contribution in [2.24, 2.45) is 5.73 Å². The molecule has 0 spiro atoms. The van der Waals surface area contributed by atoms with Gasteiger partial charge in [-0.1, -0.05) is 56.0 Å². The van der Waals surface area contributed by atoms with Crippen LogP contribution in [0.4, 0.5) is 13.6 Å². The van der Waals surface area contributed by atoms with Gasteiger partial charge in [0.25, 0.3) is 0 Å². The van der Waals surface area contributed by atoms with Gasteiger partial charge < -0.3 is 41.3 Å². The van der Waals surface area contributed by atoms with Gasteiger partial charge in [-0.15, -0.1) is 22.7 Å².